The van der Waals surface area contributed by atoms with Crippen LogP contribution >= 0.6 is 0 Å². The fraction of sp³-hybridized carbons (Fsp3) is 0.716. The van der Waals surface area contributed by atoms with Crippen molar-refractivity contribution >= 4 is 17.9 Å². The second-order valence-corrected chi connectivity index (χ2v) is 22.3. The van der Waals surface area contributed by atoms with Crippen LogP contribution in [0.25, 0.3) is 0 Å². The van der Waals surface area contributed by atoms with E-state index >= 15 is 0 Å². The maximum absolute atomic E-state index is 12.9. The molecule has 0 amide bonds. The van der Waals surface area contributed by atoms with E-state index in [4.69, 9.17) is 14.2 Å². The topological polar surface area (TPSA) is 78.9 Å². The molecule has 0 heterocycles. The Balaban J connectivity index is 4.31. The SMILES string of the molecule is CC/C=C\C/C=C\C/C=C\C/C=C\C/C=C\CCCCCC(=O)OC(COC(=O)CCCCCCC/C=C\C/C=C\CCCC)COC(=O)CCCCCCCCCCCCCCCCCCC/C=C\C/C=C\CCCCCCC. The maximum atomic E-state index is 12.9. The highest BCUT2D eigenvalue weighted by molar-refractivity contribution is 5.71. The van der Waals surface area contributed by atoms with Crippen molar-refractivity contribution in [2.24, 2.45) is 0 Å². The van der Waals surface area contributed by atoms with Gasteiger partial charge in [-0.3, -0.25) is 14.4 Å². The molecule has 0 saturated carbocycles. The molecule has 0 radical (unpaired) electrons. The normalized spacial score (nSPS) is 12.8. The number of unbranched alkanes of at least 4 members (excludes halogenated alkanes) is 32. The number of carbonyl (C=O) groups is 3. The Morgan fingerprint density at radius 3 is 0.812 bits per heavy atom. The maximum Gasteiger partial charge on any atom is 0.306 e. The predicted octanol–water partition coefficient (Wildman–Crippen LogP) is 23.4. The second kappa shape index (κ2) is 67.6. The van der Waals surface area contributed by atoms with Crippen molar-refractivity contribution in [1.82, 2.24) is 0 Å². The molecule has 458 valence electrons. The Kier molecular flexibility index (Phi) is 64.3. The van der Waals surface area contributed by atoms with Crippen LogP contribution in [0.15, 0.2) is 109 Å². The molecule has 1 unspecified atom stereocenters. The number of allylic oxidation sites excluding steroid dienone is 18. The number of hydrogen-bond acceptors (Lipinski definition) is 6. The van der Waals surface area contributed by atoms with Gasteiger partial charge in [-0.15, -0.1) is 0 Å². The molecule has 0 aromatic carbocycles. The van der Waals surface area contributed by atoms with Crippen LogP contribution in [0.1, 0.15) is 323 Å². The summed E-state index contributed by atoms with van der Waals surface area (Å²) in [7, 11) is 0. The number of ether oxygens (including phenoxy) is 3. The van der Waals surface area contributed by atoms with Crippen molar-refractivity contribution in [2.45, 2.75) is 329 Å². The molecule has 0 aromatic heterocycles. The number of rotatable bonds is 61. The molecule has 80 heavy (non-hydrogen) atoms. The fourth-order valence-corrected chi connectivity index (χ4v) is 9.40. The van der Waals surface area contributed by atoms with Crippen molar-refractivity contribution in [3.63, 3.8) is 0 Å². The first-order valence-corrected chi connectivity index (χ1v) is 33.9. The molecule has 0 bridgehead atoms. The van der Waals surface area contributed by atoms with Crippen molar-refractivity contribution in [1.29, 1.82) is 0 Å². The van der Waals surface area contributed by atoms with Crippen LogP contribution in [0, 0.1) is 0 Å². The van der Waals surface area contributed by atoms with Gasteiger partial charge in [0, 0.05) is 19.3 Å². The lowest BCUT2D eigenvalue weighted by Gasteiger charge is -2.18. The molecule has 0 aliphatic carbocycles. The van der Waals surface area contributed by atoms with Crippen molar-refractivity contribution in [2.75, 3.05) is 13.2 Å². The largest absolute Gasteiger partial charge is 0.462 e. The summed E-state index contributed by atoms with van der Waals surface area (Å²) in [5, 5.41) is 0. The first kappa shape index (κ1) is 76.1. The Bertz CT molecular complexity index is 1610. The Labute approximate surface area is 495 Å². The van der Waals surface area contributed by atoms with Gasteiger partial charge in [-0.2, -0.15) is 0 Å². The zero-order chi connectivity index (χ0) is 57.8. The third-order valence-electron chi connectivity index (χ3n) is 14.5. The summed E-state index contributed by atoms with van der Waals surface area (Å²) in [5.41, 5.74) is 0. The van der Waals surface area contributed by atoms with Gasteiger partial charge in [-0.25, -0.2) is 0 Å². The fourth-order valence-electron chi connectivity index (χ4n) is 9.40. The minimum absolute atomic E-state index is 0.0954. The first-order chi connectivity index (χ1) is 39.5. The standard InChI is InChI=1S/C74H126O6/c1-4-7-10-13-16-19-22-25-28-30-32-33-34-35-36-37-38-39-40-41-43-44-46-49-52-55-58-61-64-67-73(76)79-70-71(69-78-72(75)66-63-60-57-54-51-48-27-24-21-18-15-12-9-6-3)80-74(77)68-65-62-59-56-53-50-47-45-42-31-29-26-23-20-17-14-11-8-5-2/h8,11,15,17-18,20,22,24-27,29-30,32,42,45,50,53,71H,4-7,9-10,12-14,16,19,21,23,28,31,33-41,43-44,46-49,51-52,54-70H2,1-3H3/b11-8-,18-15-,20-17-,25-22-,27-24-,29-26-,32-30-,45-42-,53-50-. The zero-order valence-electron chi connectivity index (χ0n) is 52.6. The van der Waals surface area contributed by atoms with Gasteiger partial charge in [0.15, 0.2) is 6.10 Å². The minimum Gasteiger partial charge on any atom is -0.462 e. The molecular weight excluding hydrogens is 985 g/mol. The molecule has 0 saturated heterocycles. The quantitative estimate of drug-likeness (QED) is 0.0261. The summed E-state index contributed by atoms with van der Waals surface area (Å²) in [5.74, 6) is -0.933. The highest BCUT2D eigenvalue weighted by Crippen LogP contribution is 2.17. The summed E-state index contributed by atoms with van der Waals surface area (Å²) in [6.45, 7) is 6.46. The summed E-state index contributed by atoms with van der Waals surface area (Å²) in [4.78, 5) is 38.4. The summed E-state index contributed by atoms with van der Waals surface area (Å²) in [6.07, 6.45) is 92.5. The van der Waals surface area contributed by atoms with Crippen LogP contribution < -0.4 is 0 Å². The lowest BCUT2D eigenvalue weighted by molar-refractivity contribution is -0.167. The van der Waals surface area contributed by atoms with Gasteiger partial charge >= 0.3 is 17.9 Å². The van der Waals surface area contributed by atoms with Gasteiger partial charge in [-0.1, -0.05) is 291 Å². The predicted molar refractivity (Wildman–Crippen MR) is 348 cm³/mol. The average Bonchev–Trinajstić information content (AvgIpc) is 3.46. The number of carbonyl (C=O) groups excluding carboxylic acids is 3. The highest BCUT2D eigenvalue weighted by atomic mass is 16.6. The van der Waals surface area contributed by atoms with E-state index in [1.807, 2.05) is 0 Å². The van der Waals surface area contributed by atoms with Gasteiger partial charge in [-0.05, 0) is 122 Å². The zero-order valence-corrected chi connectivity index (χ0v) is 52.6. The van der Waals surface area contributed by atoms with E-state index in [2.05, 4.69) is 130 Å². The van der Waals surface area contributed by atoms with E-state index in [1.54, 1.807) is 0 Å². The molecule has 0 fully saturated rings. The van der Waals surface area contributed by atoms with Gasteiger partial charge in [0.05, 0.1) is 0 Å². The Morgan fingerprint density at radius 1 is 0.263 bits per heavy atom. The molecular formula is C74H126O6. The van der Waals surface area contributed by atoms with Crippen molar-refractivity contribution in [3.8, 4) is 0 Å². The summed E-state index contributed by atoms with van der Waals surface area (Å²) in [6, 6.07) is 0. The number of hydrogen-bond donors (Lipinski definition) is 0. The molecule has 0 spiro atoms. The smallest absolute Gasteiger partial charge is 0.306 e. The van der Waals surface area contributed by atoms with Crippen LogP contribution in [0.4, 0.5) is 0 Å². The lowest BCUT2D eigenvalue weighted by Crippen LogP contribution is -2.30. The first-order valence-electron chi connectivity index (χ1n) is 33.9. The summed E-state index contributed by atoms with van der Waals surface area (Å²) < 4.78 is 16.9. The van der Waals surface area contributed by atoms with E-state index in [9.17, 15) is 14.4 Å². The molecule has 0 aliphatic rings. The molecule has 6 nitrogen and oxygen atoms in total. The van der Waals surface area contributed by atoms with E-state index in [1.165, 1.54) is 154 Å². The summed E-state index contributed by atoms with van der Waals surface area (Å²) >= 11 is 0. The molecule has 1 atom stereocenters. The van der Waals surface area contributed by atoms with E-state index in [0.717, 1.165) is 128 Å². The van der Waals surface area contributed by atoms with Gasteiger partial charge in [0.2, 0.25) is 0 Å². The molecule has 0 N–H and O–H groups in total. The van der Waals surface area contributed by atoms with Crippen molar-refractivity contribution < 1.29 is 28.6 Å². The third-order valence-corrected chi connectivity index (χ3v) is 14.5. The molecule has 6 heteroatoms. The van der Waals surface area contributed by atoms with Crippen LogP contribution in [-0.2, 0) is 28.6 Å². The minimum atomic E-state index is -0.804. The second-order valence-electron chi connectivity index (χ2n) is 22.3. The highest BCUT2D eigenvalue weighted by Gasteiger charge is 2.19. The van der Waals surface area contributed by atoms with E-state index in [0.29, 0.717) is 12.8 Å². The third kappa shape index (κ3) is 64.9. The average molecular weight is 1110 g/mol. The Hall–Kier alpha value is -3.93. The molecule has 0 aliphatic heterocycles. The lowest BCUT2D eigenvalue weighted by atomic mass is 10.0. The molecule has 0 aromatic rings. The van der Waals surface area contributed by atoms with E-state index < -0.39 is 6.10 Å². The van der Waals surface area contributed by atoms with Crippen LogP contribution in [0.5, 0.6) is 0 Å². The van der Waals surface area contributed by atoms with Gasteiger partial charge in [0.1, 0.15) is 13.2 Å². The van der Waals surface area contributed by atoms with Gasteiger partial charge < -0.3 is 14.2 Å². The Morgan fingerprint density at radius 2 is 0.500 bits per heavy atom. The van der Waals surface area contributed by atoms with Crippen LogP contribution in [0.3, 0.4) is 0 Å². The molecule has 0 rings (SSSR count). The van der Waals surface area contributed by atoms with E-state index in [-0.39, 0.29) is 37.5 Å². The van der Waals surface area contributed by atoms with Gasteiger partial charge in [0.25, 0.3) is 0 Å². The monoisotopic (exact) mass is 1110 g/mol. The van der Waals surface area contributed by atoms with Crippen LogP contribution in [0.2, 0.25) is 0 Å². The van der Waals surface area contributed by atoms with Crippen LogP contribution in [-0.4, -0.2) is 37.2 Å². The van der Waals surface area contributed by atoms with Crippen molar-refractivity contribution in [3.05, 3.63) is 109 Å². The number of esters is 3.